The molecule has 1 aromatic carbocycles. The van der Waals surface area contributed by atoms with E-state index in [0.717, 1.165) is 35.2 Å². The van der Waals surface area contributed by atoms with E-state index in [-0.39, 0.29) is 0 Å². The van der Waals surface area contributed by atoms with Crippen LogP contribution in [0.3, 0.4) is 0 Å². The van der Waals surface area contributed by atoms with Crippen LogP contribution in [0.15, 0.2) is 30.5 Å². The summed E-state index contributed by atoms with van der Waals surface area (Å²) in [5.74, 6) is 0. The van der Waals surface area contributed by atoms with Gasteiger partial charge in [0.1, 0.15) is 6.29 Å². The smallest absolute Gasteiger partial charge is 0.298 e. The molecule has 0 N–H and O–H groups in total. The largest absolute Gasteiger partial charge is 0.417 e. The fourth-order valence-electron chi connectivity index (χ4n) is 1.96. The topological polar surface area (TPSA) is 30.0 Å². The highest BCUT2D eigenvalue weighted by atomic mass is 19.4. The minimum atomic E-state index is -4.39. The Morgan fingerprint density at radius 1 is 1.10 bits per heavy atom. The predicted molar refractivity (Wildman–Crippen MR) is 69.5 cm³/mol. The Balaban J connectivity index is 2.47. The van der Waals surface area contributed by atoms with Gasteiger partial charge in [0.2, 0.25) is 0 Å². The normalized spacial score (nSPS) is 11.4. The Hall–Kier alpha value is -2.17. The van der Waals surface area contributed by atoms with Crippen molar-refractivity contribution in [2.24, 2.45) is 0 Å². The summed E-state index contributed by atoms with van der Waals surface area (Å²) < 4.78 is 37.5. The zero-order valence-electron chi connectivity index (χ0n) is 11.0. The molecule has 1 aromatic heterocycles. The number of aryl methyl sites for hydroxylation is 2. The first-order valence-electron chi connectivity index (χ1n) is 5.93. The Kier molecular flexibility index (Phi) is 3.61. The second-order valence-electron chi connectivity index (χ2n) is 4.57. The average Bonchev–Trinajstić information content (AvgIpc) is 2.40. The van der Waals surface area contributed by atoms with Gasteiger partial charge in [-0.15, -0.1) is 0 Å². The van der Waals surface area contributed by atoms with Gasteiger partial charge in [-0.25, -0.2) is 0 Å². The van der Waals surface area contributed by atoms with E-state index in [0.29, 0.717) is 11.3 Å². The van der Waals surface area contributed by atoms with E-state index < -0.39 is 11.7 Å². The second kappa shape index (κ2) is 5.07. The minimum Gasteiger partial charge on any atom is -0.298 e. The highest BCUT2D eigenvalue weighted by Crippen LogP contribution is 2.30. The van der Waals surface area contributed by atoms with Crippen LogP contribution in [0.4, 0.5) is 13.2 Å². The Morgan fingerprint density at radius 2 is 1.80 bits per heavy atom. The molecular weight excluding hydrogens is 267 g/mol. The molecule has 0 saturated heterocycles. The van der Waals surface area contributed by atoms with Crippen molar-refractivity contribution in [3.05, 3.63) is 52.7 Å². The number of nitrogens with zero attached hydrogens (tertiary/aromatic N) is 1. The molecule has 104 valence electrons. The lowest BCUT2D eigenvalue weighted by molar-refractivity contribution is -0.137. The molecule has 0 fully saturated rings. The van der Waals surface area contributed by atoms with Crippen LogP contribution >= 0.6 is 0 Å². The molecule has 0 bridgehead atoms. The van der Waals surface area contributed by atoms with Crippen LogP contribution in [0.25, 0.3) is 11.3 Å². The van der Waals surface area contributed by atoms with Gasteiger partial charge in [0.25, 0.3) is 0 Å². The third-order valence-corrected chi connectivity index (χ3v) is 3.11. The highest BCUT2D eigenvalue weighted by molar-refractivity contribution is 5.80. The maximum atomic E-state index is 12.5. The molecule has 0 unspecified atom stereocenters. The SMILES string of the molecule is Cc1cc(-c2ccc(C(F)(F)F)cn2)c(C)cc1C=O. The maximum Gasteiger partial charge on any atom is 0.417 e. The fourth-order valence-corrected chi connectivity index (χ4v) is 1.96. The Morgan fingerprint density at radius 3 is 2.30 bits per heavy atom. The van der Waals surface area contributed by atoms with Crippen molar-refractivity contribution in [3.63, 3.8) is 0 Å². The molecule has 20 heavy (non-hydrogen) atoms. The summed E-state index contributed by atoms with van der Waals surface area (Å²) in [6.45, 7) is 3.57. The van der Waals surface area contributed by atoms with E-state index in [4.69, 9.17) is 0 Å². The molecule has 0 aliphatic heterocycles. The van der Waals surface area contributed by atoms with Crippen LogP contribution in [0, 0.1) is 13.8 Å². The van der Waals surface area contributed by atoms with Crippen LogP contribution < -0.4 is 0 Å². The summed E-state index contributed by atoms with van der Waals surface area (Å²) in [7, 11) is 0. The molecule has 0 atom stereocenters. The quantitative estimate of drug-likeness (QED) is 0.771. The zero-order chi connectivity index (χ0) is 14.9. The number of pyridine rings is 1. The lowest BCUT2D eigenvalue weighted by atomic mass is 9.98. The van der Waals surface area contributed by atoms with Crippen molar-refractivity contribution < 1.29 is 18.0 Å². The lowest BCUT2D eigenvalue weighted by Crippen LogP contribution is -2.05. The van der Waals surface area contributed by atoms with Crippen molar-refractivity contribution in [2.45, 2.75) is 20.0 Å². The van der Waals surface area contributed by atoms with Gasteiger partial charge in [0.05, 0.1) is 11.3 Å². The monoisotopic (exact) mass is 279 g/mol. The molecule has 0 aliphatic carbocycles. The van der Waals surface area contributed by atoms with Gasteiger partial charge < -0.3 is 0 Å². The Bertz CT molecular complexity index is 645. The van der Waals surface area contributed by atoms with Crippen molar-refractivity contribution in [1.82, 2.24) is 4.98 Å². The maximum absolute atomic E-state index is 12.5. The molecule has 0 spiro atoms. The molecule has 0 saturated carbocycles. The van der Waals surface area contributed by atoms with Crippen molar-refractivity contribution in [3.8, 4) is 11.3 Å². The first-order valence-corrected chi connectivity index (χ1v) is 5.93. The van der Waals surface area contributed by atoms with Crippen molar-refractivity contribution >= 4 is 6.29 Å². The fraction of sp³-hybridized carbons (Fsp3) is 0.200. The van der Waals surface area contributed by atoms with E-state index in [1.54, 1.807) is 26.0 Å². The summed E-state index contributed by atoms with van der Waals surface area (Å²) >= 11 is 0. The highest BCUT2D eigenvalue weighted by Gasteiger charge is 2.30. The van der Waals surface area contributed by atoms with Gasteiger partial charge >= 0.3 is 6.18 Å². The summed E-state index contributed by atoms with van der Waals surface area (Å²) in [5.41, 5.74) is 2.53. The molecule has 2 aromatic rings. The average molecular weight is 279 g/mol. The van der Waals surface area contributed by atoms with Gasteiger partial charge in [-0.3, -0.25) is 9.78 Å². The van der Waals surface area contributed by atoms with E-state index in [1.807, 2.05) is 0 Å². The number of carbonyl (C=O) groups is 1. The van der Waals surface area contributed by atoms with Gasteiger partial charge in [0.15, 0.2) is 0 Å². The summed E-state index contributed by atoms with van der Waals surface area (Å²) in [6.07, 6.45) is -2.82. The number of hydrogen-bond donors (Lipinski definition) is 0. The van der Waals surface area contributed by atoms with Crippen LogP contribution in [0.5, 0.6) is 0 Å². The minimum absolute atomic E-state index is 0.455. The number of aldehydes is 1. The van der Waals surface area contributed by atoms with Gasteiger partial charge in [-0.1, -0.05) is 0 Å². The predicted octanol–water partition coefficient (Wildman–Crippen LogP) is 4.20. The van der Waals surface area contributed by atoms with Crippen LogP contribution in [0.1, 0.15) is 27.0 Å². The molecule has 2 nitrogen and oxygen atoms in total. The number of hydrogen-bond acceptors (Lipinski definition) is 2. The van der Waals surface area contributed by atoms with E-state index >= 15 is 0 Å². The van der Waals surface area contributed by atoms with Gasteiger partial charge in [-0.05, 0) is 49.2 Å². The summed E-state index contributed by atoms with van der Waals surface area (Å²) in [6, 6.07) is 5.81. The first kappa shape index (κ1) is 14.2. The third-order valence-electron chi connectivity index (χ3n) is 3.11. The van der Waals surface area contributed by atoms with E-state index in [1.165, 1.54) is 6.07 Å². The van der Waals surface area contributed by atoms with Crippen LogP contribution in [0.2, 0.25) is 0 Å². The number of carbonyl (C=O) groups excluding carboxylic acids is 1. The van der Waals surface area contributed by atoms with Gasteiger partial charge in [0, 0.05) is 17.3 Å². The summed E-state index contributed by atoms with van der Waals surface area (Å²) in [5, 5.41) is 0. The molecule has 0 amide bonds. The molecule has 1 heterocycles. The Labute approximate surface area is 114 Å². The molecule has 0 aliphatic rings. The molecule has 0 radical (unpaired) electrons. The number of rotatable bonds is 2. The summed E-state index contributed by atoms with van der Waals surface area (Å²) in [4.78, 5) is 14.7. The number of aromatic nitrogens is 1. The second-order valence-corrected chi connectivity index (χ2v) is 4.57. The van der Waals surface area contributed by atoms with E-state index in [9.17, 15) is 18.0 Å². The number of alkyl halides is 3. The van der Waals surface area contributed by atoms with Crippen LogP contribution in [-0.4, -0.2) is 11.3 Å². The van der Waals surface area contributed by atoms with E-state index in [2.05, 4.69) is 4.98 Å². The zero-order valence-corrected chi connectivity index (χ0v) is 11.0. The van der Waals surface area contributed by atoms with Gasteiger partial charge in [-0.2, -0.15) is 13.2 Å². The van der Waals surface area contributed by atoms with Crippen molar-refractivity contribution in [2.75, 3.05) is 0 Å². The first-order chi connectivity index (χ1) is 9.32. The molecule has 2 rings (SSSR count). The van der Waals surface area contributed by atoms with Crippen LogP contribution in [-0.2, 0) is 6.18 Å². The lowest BCUT2D eigenvalue weighted by Gasteiger charge is -2.10. The number of benzene rings is 1. The molecule has 5 heteroatoms. The third kappa shape index (κ3) is 2.71. The number of halogens is 3. The standard InChI is InChI=1S/C15H12F3NO/c1-9-6-13(10(2)5-11(9)8-20)14-4-3-12(7-19-14)15(16,17)18/h3-8H,1-2H3. The molecular formula is C15H12F3NO. The van der Waals surface area contributed by atoms with Crippen molar-refractivity contribution in [1.29, 1.82) is 0 Å².